The monoisotopic (exact) mass is 402 g/mol. The van der Waals surface area contributed by atoms with Crippen LogP contribution in [0.1, 0.15) is 44.3 Å². The maximum atomic E-state index is 12.0. The summed E-state index contributed by atoms with van der Waals surface area (Å²) in [6.45, 7) is 2.36. The van der Waals surface area contributed by atoms with Gasteiger partial charge in [0.1, 0.15) is 5.75 Å². The first kappa shape index (κ1) is 22.5. The summed E-state index contributed by atoms with van der Waals surface area (Å²) in [4.78, 5) is 12.0. The van der Waals surface area contributed by atoms with E-state index >= 15 is 0 Å². The molecule has 0 saturated heterocycles. The Balaban J connectivity index is 1.61. The molecular formula is C22H30N2O5. The predicted octanol–water partition coefficient (Wildman–Crippen LogP) is 3.32. The number of phenolic OH excluding ortho intramolecular Hbond substituents is 2. The standard InChI is InChI=1S/C22H30N2O5/c1-15(23-14-21(27)16-7-12-19(25)20(26)13-16)5-3-4-6-22(28)24-17-8-10-18(29-2)11-9-17/h7-13,15,21,23,25-27H,3-6,14H2,1-2H3,(H,24,28). The number of anilines is 1. The van der Waals surface area contributed by atoms with Gasteiger partial charge in [-0.1, -0.05) is 12.5 Å². The number of amides is 1. The fourth-order valence-corrected chi connectivity index (χ4v) is 2.91. The molecule has 29 heavy (non-hydrogen) atoms. The van der Waals surface area contributed by atoms with E-state index in [-0.39, 0.29) is 23.4 Å². The lowest BCUT2D eigenvalue weighted by atomic mass is 10.1. The molecule has 0 spiro atoms. The van der Waals surface area contributed by atoms with Crippen molar-refractivity contribution in [2.24, 2.45) is 0 Å². The minimum absolute atomic E-state index is 0.0154. The molecule has 0 aliphatic rings. The highest BCUT2D eigenvalue weighted by atomic mass is 16.5. The maximum absolute atomic E-state index is 12.0. The van der Waals surface area contributed by atoms with Gasteiger partial charge < -0.3 is 30.7 Å². The van der Waals surface area contributed by atoms with Gasteiger partial charge in [0.25, 0.3) is 0 Å². The number of ether oxygens (including phenoxy) is 1. The Labute approximate surface area is 171 Å². The normalized spacial score (nSPS) is 12.9. The van der Waals surface area contributed by atoms with Crippen LogP contribution in [0.2, 0.25) is 0 Å². The van der Waals surface area contributed by atoms with Gasteiger partial charge in [-0.15, -0.1) is 0 Å². The van der Waals surface area contributed by atoms with Crippen LogP contribution in [0.15, 0.2) is 42.5 Å². The van der Waals surface area contributed by atoms with Crippen molar-refractivity contribution in [1.29, 1.82) is 0 Å². The number of unbranched alkanes of at least 4 members (excludes halogenated alkanes) is 1. The SMILES string of the molecule is COc1ccc(NC(=O)CCCCC(C)NCC(O)c2ccc(O)c(O)c2)cc1. The third-order valence-corrected chi connectivity index (χ3v) is 4.71. The highest BCUT2D eigenvalue weighted by Gasteiger charge is 2.12. The Hall–Kier alpha value is -2.77. The summed E-state index contributed by atoms with van der Waals surface area (Å²) in [6.07, 6.45) is 2.22. The molecule has 7 heteroatoms. The Morgan fingerprint density at radius 2 is 1.79 bits per heavy atom. The number of benzene rings is 2. The van der Waals surface area contributed by atoms with Crippen LogP contribution in [-0.4, -0.2) is 40.9 Å². The molecule has 0 saturated carbocycles. The van der Waals surface area contributed by atoms with E-state index in [0.29, 0.717) is 18.5 Å². The second kappa shape index (κ2) is 11.3. The van der Waals surface area contributed by atoms with Crippen LogP contribution in [-0.2, 0) is 4.79 Å². The molecule has 7 nitrogen and oxygen atoms in total. The van der Waals surface area contributed by atoms with Gasteiger partial charge in [-0.05, 0) is 61.7 Å². The molecule has 0 aliphatic carbocycles. The number of phenols is 2. The molecule has 2 atom stereocenters. The number of hydrogen-bond donors (Lipinski definition) is 5. The third kappa shape index (κ3) is 7.63. The molecule has 2 aromatic rings. The van der Waals surface area contributed by atoms with Crippen molar-refractivity contribution in [1.82, 2.24) is 5.32 Å². The molecule has 158 valence electrons. The van der Waals surface area contributed by atoms with Gasteiger partial charge in [0.05, 0.1) is 13.2 Å². The van der Waals surface area contributed by atoms with E-state index in [2.05, 4.69) is 10.6 Å². The first-order chi connectivity index (χ1) is 13.9. The number of hydrogen-bond acceptors (Lipinski definition) is 6. The third-order valence-electron chi connectivity index (χ3n) is 4.71. The lowest BCUT2D eigenvalue weighted by Crippen LogP contribution is -2.30. The first-order valence-electron chi connectivity index (χ1n) is 9.76. The number of carbonyl (C=O) groups excluding carboxylic acids is 1. The van der Waals surface area contributed by atoms with Gasteiger partial charge in [0, 0.05) is 24.7 Å². The number of rotatable bonds is 11. The number of carbonyl (C=O) groups is 1. The summed E-state index contributed by atoms with van der Waals surface area (Å²) in [7, 11) is 1.60. The van der Waals surface area contributed by atoms with Gasteiger partial charge in [-0.3, -0.25) is 4.79 Å². The fourth-order valence-electron chi connectivity index (χ4n) is 2.91. The van der Waals surface area contributed by atoms with Crippen molar-refractivity contribution in [2.45, 2.75) is 44.8 Å². The van der Waals surface area contributed by atoms with E-state index in [1.807, 2.05) is 19.1 Å². The van der Waals surface area contributed by atoms with Crippen molar-refractivity contribution in [3.05, 3.63) is 48.0 Å². The van der Waals surface area contributed by atoms with Crippen molar-refractivity contribution in [2.75, 3.05) is 19.0 Å². The van der Waals surface area contributed by atoms with Crippen LogP contribution in [0.3, 0.4) is 0 Å². The zero-order valence-electron chi connectivity index (χ0n) is 16.9. The van der Waals surface area contributed by atoms with Crippen LogP contribution in [0.5, 0.6) is 17.2 Å². The second-order valence-electron chi connectivity index (χ2n) is 7.10. The molecule has 0 bridgehead atoms. The van der Waals surface area contributed by atoms with E-state index in [4.69, 9.17) is 4.74 Å². The minimum atomic E-state index is -0.778. The summed E-state index contributed by atoms with van der Waals surface area (Å²) in [5.41, 5.74) is 1.29. The number of methoxy groups -OCH3 is 1. The molecule has 2 rings (SSSR count). The highest BCUT2D eigenvalue weighted by Crippen LogP contribution is 2.27. The lowest BCUT2D eigenvalue weighted by Gasteiger charge is -2.17. The summed E-state index contributed by atoms with van der Waals surface area (Å²) >= 11 is 0. The quantitative estimate of drug-likeness (QED) is 0.291. The molecule has 2 aromatic carbocycles. The molecule has 2 unspecified atom stereocenters. The lowest BCUT2D eigenvalue weighted by molar-refractivity contribution is -0.116. The van der Waals surface area contributed by atoms with Gasteiger partial charge in [-0.25, -0.2) is 0 Å². The van der Waals surface area contributed by atoms with Crippen LogP contribution in [0.25, 0.3) is 0 Å². The van der Waals surface area contributed by atoms with E-state index in [1.165, 1.54) is 12.1 Å². The Morgan fingerprint density at radius 1 is 1.07 bits per heavy atom. The zero-order valence-corrected chi connectivity index (χ0v) is 16.9. The van der Waals surface area contributed by atoms with Crippen LogP contribution in [0.4, 0.5) is 5.69 Å². The average Bonchev–Trinajstić information content (AvgIpc) is 2.72. The second-order valence-corrected chi connectivity index (χ2v) is 7.10. The van der Waals surface area contributed by atoms with Crippen molar-refractivity contribution < 1.29 is 24.9 Å². The molecule has 0 fully saturated rings. The van der Waals surface area contributed by atoms with Gasteiger partial charge in [0.15, 0.2) is 11.5 Å². The molecule has 0 heterocycles. The molecule has 0 radical (unpaired) electrons. The van der Waals surface area contributed by atoms with Gasteiger partial charge in [0.2, 0.25) is 5.91 Å². The number of aromatic hydroxyl groups is 2. The van der Waals surface area contributed by atoms with Crippen LogP contribution < -0.4 is 15.4 Å². The number of aliphatic hydroxyl groups excluding tert-OH is 1. The molecule has 1 amide bonds. The Bertz CT molecular complexity index is 779. The summed E-state index contributed by atoms with van der Waals surface area (Å²) in [5.74, 6) is 0.274. The van der Waals surface area contributed by atoms with Gasteiger partial charge in [-0.2, -0.15) is 0 Å². The van der Waals surface area contributed by atoms with E-state index in [1.54, 1.807) is 25.3 Å². The fraction of sp³-hybridized carbons (Fsp3) is 0.409. The summed E-state index contributed by atoms with van der Waals surface area (Å²) in [6, 6.07) is 11.7. The van der Waals surface area contributed by atoms with Gasteiger partial charge >= 0.3 is 0 Å². The summed E-state index contributed by atoms with van der Waals surface area (Å²) in [5, 5.41) is 35.1. The molecule has 0 aliphatic heterocycles. The average molecular weight is 402 g/mol. The maximum Gasteiger partial charge on any atom is 0.224 e. The largest absolute Gasteiger partial charge is 0.504 e. The Morgan fingerprint density at radius 3 is 2.45 bits per heavy atom. The first-order valence-corrected chi connectivity index (χ1v) is 9.76. The smallest absolute Gasteiger partial charge is 0.224 e. The molecular weight excluding hydrogens is 372 g/mol. The number of aliphatic hydroxyl groups is 1. The predicted molar refractivity (Wildman–Crippen MR) is 112 cm³/mol. The topological polar surface area (TPSA) is 111 Å². The van der Waals surface area contributed by atoms with E-state index in [9.17, 15) is 20.1 Å². The highest BCUT2D eigenvalue weighted by molar-refractivity contribution is 5.90. The number of nitrogens with one attached hydrogen (secondary N) is 2. The zero-order chi connectivity index (χ0) is 21.2. The van der Waals surface area contributed by atoms with Crippen molar-refractivity contribution >= 4 is 11.6 Å². The Kier molecular flexibility index (Phi) is 8.76. The minimum Gasteiger partial charge on any atom is -0.504 e. The molecule has 5 N–H and O–H groups in total. The molecule has 0 aromatic heterocycles. The van der Waals surface area contributed by atoms with Crippen molar-refractivity contribution in [3.63, 3.8) is 0 Å². The van der Waals surface area contributed by atoms with Crippen LogP contribution >= 0.6 is 0 Å². The van der Waals surface area contributed by atoms with E-state index in [0.717, 1.165) is 30.7 Å². The summed E-state index contributed by atoms with van der Waals surface area (Å²) < 4.78 is 5.09. The van der Waals surface area contributed by atoms with Crippen molar-refractivity contribution in [3.8, 4) is 17.2 Å². The van der Waals surface area contributed by atoms with E-state index < -0.39 is 6.10 Å². The van der Waals surface area contributed by atoms with Crippen LogP contribution in [0, 0.1) is 0 Å².